The first-order valence-electron chi connectivity index (χ1n) is 15.0. The molecule has 0 aromatic heterocycles. The van der Waals surface area contributed by atoms with E-state index in [1.54, 1.807) is 18.2 Å². The van der Waals surface area contributed by atoms with Crippen molar-refractivity contribution < 1.29 is 9.59 Å². The molecule has 6 heteroatoms. The molecule has 2 unspecified atom stereocenters. The molecule has 8 rings (SSSR count). The largest absolute Gasteiger partial charge is 0.333 e. The zero-order valence-corrected chi connectivity index (χ0v) is 24.5. The number of rotatable bonds is 4. The van der Waals surface area contributed by atoms with Crippen molar-refractivity contribution in [3.8, 4) is 23.3 Å². The normalized spacial score (nSPS) is 17.6. The van der Waals surface area contributed by atoms with Gasteiger partial charge in [0.1, 0.15) is 0 Å². The molecule has 2 amide bonds. The zero-order chi connectivity index (χ0) is 31.4. The van der Waals surface area contributed by atoms with Gasteiger partial charge in [0.15, 0.2) is 0 Å². The second kappa shape index (κ2) is 10.6. The molecule has 0 radical (unpaired) electrons. The van der Waals surface area contributed by atoms with Gasteiger partial charge in [-0.15, -0.1) is 0 Å². The van der Waals surface area contributed by atoms with Crippen LogP contribution < -0.4 is 9.80 Å². The number of nitriles is 2. The maximum atomic E-state index is 14.0. The standard InChI is InChI=1S/C40H24N4O2/c41-23-25-9-13-27(14-10-25)29-17-19-35-33(21-29)34-22-30(28-15-11-26(24-42)12-16-28)18-20-36(34)44(35)37-8-4-7-32-38(37)40(46)43(39(32)45)31-5-2-1-3-6-31/h1-22,33,35H. The monoisotopic (exact) mass is 592 g/mol. The Morgan fingerprint density at radius 3 is 2.00 bits per heavy atom. The summed E-state index contributed by atoms with van der Waals surface area (Å²) in [4.78, 5) is 31.1. The van der Waals surface area contributed by atoms with Gasteiger partial charge in [-0.05, 0) is 88.5 Å². The predicted molar refractivity (Wildman–Crippen MR) is 178 cm³/mol. The second-order valence-corrected chi connectivity index (χ2v) is 11.5. The SMILES string of the molecule is N#Cc1ccc(C2=CC3c4cc(-c5ccc(C#N)cc5)ccc4N(c4cccc5c4C(=O)N(c4ccccc4)C5=O)C3C=C2)cc1. The first-order valence-corrected chi connectivity index (χ1v) is 15.0. The molecular weight excluding hydrogens is 568 g/mol. The Morgan fingerprint density at radius 1 is 0.630 bits per heavy atom. The van der Waals surface area contributed by atoms with E-state index in [0.29, 0.717) is 33.6 Å². The third kappa shape index (κ3) is 4.17. The van der Waals surface area contributed by atoms with E-state index in [0.717, 1.165) is 33.5 Å². The minimum absolute atomic E-state index is 0.0581. The summed E-state index contributed by atoms with van der Waals surface area (Å²) >= 11 is 0. The Labute approximate surface area is 266 Å². The number of amides is 2. The van der Waals surface area contributed by atoms with Crippen molar-refractivity contribution in [2.24, 2.45) is 0 Å². The van der Waals surface area contributed by atoms with Crippen LogP contribution in [-0.4, -0.2) is 17.9 Å². The third-order valence-electron chi connectivity index (χ3n) is 9.01. The molecule has 5 aromatic carbocycles. The molecule has 0 saturated carbocycles. The van der Waals surface area contributed by atoms with Crippen LogP contribution >= 0.6 is 0 Å². The van der Waals surface area contributed by atoms with Crippen molar-refractivity contribution >= 4 is 34.4 Å². The fourth-order valence-corrected chi connectivity index (χ4v) is 6.81. The highest BCUT2D eigenvalue weighted by Crippen LogP contribution is 2.52. The summed E-state index contributed by atoms with van der Waals surface area (Å²) in [5.74, 6) is -0.728. The Morgan fingerprint density at radius 2 is 1.30 bits per heavy atom. The molecule has 0 bridgehead atoms. The van der Waals surface area contributed by atoms with Gasteiger partial charge >= 0.3 is 0 Å². The second-order valence-electron chi connectivity index (χ2n) is 11.5. The molecule has 0 N–H and O–H groups in total. The lowest BCUT2D eigenvalue weighted by Gasteiger charge is -2.31. The van der Waals surface area contributed by atoms with E-state index >= 15 is 0 Å². The predicted octanol–water partition coefficient (Wildman–Crippen LogP) is 8.15. The number of fused-ring (bicyclic) bond motifs is 4. The van der Waals surface area contributed by atoms with Gasteiger partial charge in [0.2, 0.25) is 0 Å². The number of nitrogens with zero attached hydrogens (tertiary/aromatic N) is 4. The molecule has 216 valence electrons. The summed E-state index contributed by atoms with van der Waals surface area (Å²) in [6, 6.07) is 40.2. The van der Waals surface area contributed by atoms with Crippen molar-refractivity contribution in [3.05, 3.63) is 167 Å². The van der Waals surface area contributed by atoms with Gasteiger partial charge in [-0.2, -0.15) is 10.5 Å². The topological polar surface area (TPSA) is 88.2 Å². The molecule has 3 aliphatic rings. The lowest BCUT2D eigenvalue weighted by atomic mass is 9.85. The number of para-hydroxylation sites is 1. The average molecular weight is 593 g/mol. The smallest absolute Gasteiger partial charge is 0.268 e. The number of allylic oxidation sites excluding steroid dienone is 2. The molecule has 0 spiro atoms. The molecule has 6 nitrogen and oxygen atoms in total. The van der Waals surface area contributed by atoms with E-state index in [9.17, 15) is 20.1 Å². The van der Waals surface area contributed by atoms with Crippen LogP contribution in [0.5, 0.6) is 0 Å². The summed E-state index contributed by atoms with van der Waals surface area (Å²) < 4.78 is 0. The van der Waals surface area contributed by atoms with Gasteiger partial charge in [0.25, 0.3) is 11.8 Å². The van der Waals surface area contributed by atoms with Crippen LogP contribution in [0.2, 0.25) is 0 Å². The maximum Gasteiger partial charge on any atom is 0.268 e. The molecule has 2 atom stereocenters. The van der Waals surface area contributed by atoms with Gasteiger partial charge in [-0.1, -0.05) is 72.8 Å². The van der Waals surface area contributed by atoms with E-state index in [-0.39, 0.29) is 23.8 Å². The molecule has 46 heavy (non-hydrogen) atoms. The van der Waals surface area contributed by atoms with E-state index in [2.05, 4.69) is 53.5 Å². The quantitative estimate of drug-likeness (QED) is 0.197. The highest BCUT2D eigenvalue weighted by Gasteiger charge is 2.44. The number of imide groups is 1. The van der Waals surface area contributed by atoms with Crippen LogP contribution in [0.3, 0.4) is 0 Å². The van der Waals surface area contributed by atoms with Gasteiger partial charge < -0.3 is 4.90 Å². The first kappa shape index (κ1) is 27.1. The van der Waals surface area contributed by atoms with E-state index in [1.807, 2.05) is 78.9 Å². The Bertz CT molecular complexity index is 2220. The Balaban J connectivity index is 1.27. The fraction of sp³-hybridized carbons (Fsp3) is 0.0500. The number of benzene rings is 5. The summed E-state index contributed by atoms with van der Waals surface area (Å²) in [5, 5.41) is 18.6. The van der Waals surface area contributed by atoms with Crippen LogP contribution in [0.15, 0.2) is 133 Å². The number of carbonyl (C=O) groups excluding carboxylic acids is 2. The van der Waals surface area contributed by atoms with Gasteiger partial charge in [-0.3, -0.25) is 9.59 Å². The number of hydrogen-bond acceptors (Lipinski definition) is 5. The van der Waals surface area contributed by atoms with Gasteiger partial charge in [0, 0.05) is 11.6 Å². The summed E-state index contributed by atoms with van der Waals surface area (Å²) in [5.41, 5.74) is 9.35. The van der Waals surface area contributed by atoms with Crippen LogP contribution in [0.4, 0.5) is 17.1 Å². The Hall–Kier alpha value is -6.50. The molecule has 2 heterocycles. The van der Waals surface area contributed by atoms with Crippen LogP contribution in [0.1, 0.15) is 48.9 Å². The van der Waals surface area contributed by atoms with Crippen molar-refractivity contribution in [1.82, 2.24) is 0 Å². The first-order chi connectivity index (χ1) is 22.6. The molecule has 0 saturated heterocycles. The summed E-state index contributed by atoms with van der Waals surface area (Å²) in [6.45, 7) is 0. The number of hydrogen-bond donors (Lipinski definition) is 0. The molecule has 0 fully saturated rings. The summed E-state index contributed by atoms with van der Waals surface area (Å²) in [6.07, 6.45) is 6.50. The fourth-order valence-electron chi connectivity index (χ4n) is 6.81. The van der Waals surface area contributed by atoms with Gasteiger partial charge in [-0.25, -0.2) is 4.90 Å². The van der Waals surface area contributed by atoms with E-state index in [1.165, 1.54) is 4.90 Å². The van der Waals surface area contributed by atoms with Crippen LogP contribution in [-0.2, 0) is 0 Å². The minimum Gasteiger partial charge on any atom is -0.333 e. The minimum atomic E-state index is -0.338. The highest BCUT2D eigenvalue weighted by molar-refractivity contribution is 6.36. The van der Waals surface area contributed by atoms with Crippen LogP contribution in [0.25, 0.3) is 16.7 Å². The maximum absolute atomic E-state index is 14.0. The van der Waals surface area contributed by atoms with Crippen molar-refractivity contribution in [2.75, 3.05) is 9.80 Å². The lowest BCUT2D eigenvalue weighted by Crippen LogP contribution is -2.32. The van der Waals surface area contributed by atoms with E-state index in [4.69, 9.17) is 0 Å². The summed E-state index contributed by atoms with van der Waals surface area (Å²) in [7, 11) is 0. The molecule has 1 aliphatic carbocycles. The molecular formula is C40H24N4O2. The van der Waals surface area contributed by atoms with Crippen molar-refractivity contribution in [1.29, 1.82) is 10.5 Å². The van der Waals surface area contributed by atoms with E-state index < -0.39 is 0 Å². The third-order valence-corrected chi connectivity index (χ3v) is 9.01. The Kier molecular flexibility index (Phi) is 6.23. The number of carbonyl (C=O) groups is 2. The number of anilines is 3. The molecule has 5 aromatic rings. The zero-order valence-electron chi connectivity index (χ0n) is 24.5. The highest BCUT2D eigenvalue weighted by atomic mass is 16.2. The average Bonchev–Trinajstić information content (AvgIpc) is 3.58. The molecule has 2 aliphatic heterocycles. The lowest BCUT2D eigenvalue weighted by molar-refractivity contribution is 0.0926. The van der Waals surface area contributed by atoms with Gasteiger partial charge in [0.05, 0.1) is 51.8 Å². The van der Waals surface area contributed by atoms with Crippen LogP contribution in [0, 0.1) is 22.7 Å². The van der Waals surface area contributed by atoms with Crippen molar-refractivity contribution in [2.45, 2.75) is 12.0 Å². The van der Waals surface area contributed by atoms with Crippen molar-refractivity contribution in [3.63, 3.8) is 0 Å².